The van der Waals surface area contributed by atoms with Crippen LogP contribution in [0.4, 0.5) is 0 Å². The van der Waals surface area contributed by atoms with Crippen molar-refractivity contribution in [3.63, 3.8) is 0 Å². The molecule has 0 spiro atoms. The van der Waals surface area contributed by atoms with Crippen molar-refractivity contribution in [2.24, 2.45) is 0 Å². The molecule has 0 aliphatic rings. The number of rotatable bonds is 1. The Labute approximate surface area is 60.3 Å². The van der Waals surface area contributed by atoms with Gasteiger partial charge in [-0.3, -0.25) is 0 Å². The van der Waals surface area contributed by atoms with E-state index in [0.717, 1.165) is 0 Å². The first kappa shape index (κ1) is 10.7. The monoisotopic (exact) mass is 322 g/mol. The molecular formula is H2O5PbS. The molecule has 0 aliphatic carbocycles. The van der Waals surface area contributed by atoms with Crippen LogP contribution < -0.4 is 5.26 Å². The quantitative estimate of drug-likeness (QED) is 0.167. The molecule has 0 bridgehead atoms. The van der Waals surface area contributed by atoms with Crippen molar-refractivity contribution in [3.05, 3.63) is 0 Å². The third kappa shape index (κ3) is 10.8. The summed E-state index contributed by atoms with van der Waals surface area (Å²) < 4.78 is 28.8. The van der Waals surface area contributed by atoms with E-state index in [1.54, 1.807) is 0 Å². The molecule has 0 fully saturated rings. The van der Waals surface area contributed by atoms with Gasteiger partial charge in [-0.1, -0.05) is 0 Å². The molecule has 0 aliphatic heterocycles. The van der Waals surface area contributed by atoms with E-state index in [1.165, 1.54) is 0 Å². The van der Waals surface area contributed by atoms with Gasteiger partial charge in [0.15, 0.2) is 0 Å². The molecule has 0 saturated carbocycles. The van der Waals surface area contributed by atoms with E-state index in [9.17, 15) is 0 Å². The molecule has 5 nitrogen and oxygen atoms in total. The average Bonchev–Trinajstić information content (AvgIpc) is 1.35. The van der Waals surface area contributed by atoms with E-state index in [-0.39, 0.29) is 27.3 Å². The molecule has 0 saturated heterocycles. The van der Waals surface area contributed by atoms with Crippen molar-refractivity contribution < 1.29 is 22.6 Å². The molecular weight excluding hydrogens is 319 g/mol. The Hall–Kier alpha value is 0.752. The van der Waals surface area contributed by atoms with Gasteiger partial charge in [-0.25, -0.2) is 8.42 Å². The molecule has 0 radical (unpaired) electrons. The molecule has 0 aromatic carbocycles. The Kier molecular flexibility index (Phi) is 5.67. The molecule has 0 aromatic rings. The van der Waals surface area contributed by atoms with Crippen molar-refractivity contribution in [1.29, 1.82) is 0 Å². The summed E-state index contributed by atoms with van der Waals surface area (Å²) in [5.74, 6) is 0. The van der Waals surface area contributed by atoms with Crippen molar-refractivity contribution in [1.82, 2.24) is 0 Å². The maximum atomic E-state index is 8.91. The third-order valence-electron chi connectivity index (χ3n) is 0.0833. The predicted molar refractivity (Wildman–Crippen MR) is 19.3 cm³/mol. The van der Waals surface area contributed by atoms with Gasteiger partial charge >= 0.3 is 27.3 Å². The number of hydrogen-bond donors (Lipinski definition) is 0. The summed E-state index contributed by atoms with van der Waals surface area (Å²) in [6, 6.07) is 0. The summed E-state index contributed by atoms with van der Waals surface area (Å²) in [4.78, 5) is 0. The van der Waals surface area contributed by atoms with E-state index in [1.807, 2.05) is 0 Å². The van der Waals surface area contributed by atoms with Crippen LogP contribution in [0.5, 0.6) is 0 Å². The van der Waals surface area contributed by atoms with E-state index < -0.39 is 10.4 Å². The molecule has 0 heterocycles. The van der Waals surface area contributed by atoms with Crippen molar-refractivity contribution in [2.45, 2.75) is 0 Å². The minimum atomic E-state index is -4.97. The van der Waals surface area contributed by atoms with Gasteiger partial charge in [0, 0.05) is 0 Å². The Morgan fingerprint density at radius 3 is 1.57 bits per heavy atom. The zero-order valence-electron chi connectivity index (χ0n) is 3.16. The molecule has 0 aromatic heterocycles. The Morgan fingerprint density at radius 1 is 1.43 bits per heavy atom. The second-order valence-electron chi connectivity index (χ2n) is 0.476. The van der Waals surface area contributed by atoms with Gasteiger partial charge in [0.25, 0.3) is 0 Å². The topological polar surface area (TPSA) is 89.5 Å². The van der Waals surface area contributed by atoms with Crippen molar-refractivity contribution >= 4 is 37.7 Å². The van der Waals surface area contributed by atoms with Gasteiger partial charge in [-0.2, -0.15) is 0 Å². The van der Waals surface area contributed by atoms with E-state index in [0.29, 0.717) is 0 Å². The van der Waals surface area contributed by atoms with Gasteiger partial charge < -0.3 is 14.1 Å². The normalized spacial score (nSPS) is 10.0. The average molecular weight is 321 g/mol. The predicted octanol–water partition coefficient (Wildman–Crippen LogP) is -3.18. The molecule has 0 atom stereocenters. The molecule has 0 N–H and O–H groups in total. The van der Waals surface area contributed by atoms with Crippen LogP contribution >= 0.6 is 0 Å². The second-order valence-corrected chi connectivity index (χ2v) is 1.43. The molecule has 0 amide bonds. The summed E-state index contributed by atoms with van der Waals surface area (Å²) in [5, 5.41) is 8.55. The second kappa shape index (κ2) is 3.72. The summed E-state index contributed by atoms with van der Waals surface area (Å²) in [5.41, 5.74) is 0. The SMILES string of the molecule is O=S(=O)([O-])O[O-].[PbH2+2]. The van der Waals surface area contributed by atoms with Crippen LogP contribution in [0, 0.1) is 0 Å². The van der Waals surface area contributed by atoms with E-state index >= 15 is 0 Å². The van der Waals surface area contributed by atoms with Gasteiger partial charge in [0.1, 0.15) is 0 Å². The van der Waals surface area contributed by atoms with E-state index in [2.05, 4.69) is 4.33 Å². The number of hydrogen-bond acceptors (Lipinski definition) is 5. The zero-order valence-corrected chi connectivity index (χ0v) is 9.47. The Bertz CT molecular complexity index is 110. The maximum absolute atomic E-state index is 8.91. The van der Waals surface area contributed by atoms with Crippen molar-refractivity contribution in [3.8, 4) is 0 Å². The summed E-state index contributed by atoms with van der Waals surface area (Å²) in [6.45, 7) is 0. The van der Waals surface area contributed by atoms with Crippen LogP contribution in [0.1, 0.15) is 0 Å². The van der Waals surface area contributed by atoms with Gasteiger partial charge in [0.05, 0.1) is 0 Å². The first-order chi connectivity index (χ1) is 2.56. The third-order valence-corrected chi connectivity index (χ3v) is 0.250. The first-order valence-electron chi connectivity index (χ1n) is 0.833. The van der Waals surface area contributed by atoms with Crippen LogP contribution in [-0.2, 0) is 14.7 Å². The van der Waals surface area contributed by atoms with Gasteiger partial charge in [0.2, 0.25) is 10.4 Å². The summed E-state index contributed by atoms with van der Waals surface area (Å²) >= 11 is 0. The van der Waals surface area contributed by atoms with Crippen LogP contribution in [0.25, 0.3) is 0 Å². The summed E-state index contributed by atoms with van der Waals surface area (Å²) in [7, 11) is -4.97. The van der Waals surface area contributed by atoms with Crippen LogP contribution in [-0.4, -0.2) is 40.3 Å². The van der Waals surface area contributed by atoms with Crippen LogP contribution in [0.2, 0.25) is 0 Å². The Balaban J connectivity index is 0. The molecule has 0 unspecified atom stereocenters. The van der Waals surface area contributed by atoms with Crippen molar-refractivity contribution in [2.75, 3.05) is 0 Å². The Morgan fingerprint density at radius 2 is 1.57 bits per heavy atom. The van der Waals surface area contributed by atoms with E-state index in [4.69, 9.17) is 18.2 Å². The molecule has 42 valence electrons. The van der Waals surface area contributed by atoms with Gasteiger partial charge in [-0.15, -0.1) is 0 Å². The molecule has 7 heavy (non-hydrogen) atoms. The first-order valence-corrected chi connectivity index (χ1v) is 2.17. The zero-order chi connectivity index (χ0) is 5.21. The standard InChI is InChI=1S/H2O5S.Pb.2H/c1-5-6(2,3)4;;;/h1H,(H,2,3,4);;;/q;+2;;/p-2. The summed E-state index contributed by atoms with van der Waals surface area (Å²) in [6.07, 6.45) is 0. The molecule has 0 rings (SSSR count). The fourth-order valence-corrected chi connectivity index (χ4v) is 0. The minimum absolute atomic E-state index is 0. The fourth-order valence-electron chi connectivity index (χ4n) is 0. The molecule has 7 heteroatoms. The fraction of sp³-hybridized carbons (Fsp3) is 0. The van der Waals surface area contributed by atoms with Crippen LogP contribution in [0.3, 0.4) is 0 Å². The van der Waals surface area contributed by atoms with Gasteiger partial charge in [-0.05, 0) is 0 Å². The van der Waals surface area contributed by atoms with Crippen LogP contribution in [0.15, 0.2) is 0 Å².